The molecule has 7 heteroatoms. The van der Waals surface area contributed by atoms with Crippen LogP contribution in [-0.2, 0) is 6.54 Å². The van der Waals surface area contributed by atoms with Crippen molar-refractivity contribution in [2.75, 3.05) is 39.1 Å². The number of aromatic nitrogens is 1. The molecule has 0 radical (unpaired) electrons. The van der Waals surface area contributed by atoms with Gasteiger partial charge in [0.25, 0.3) is 0 Å². The van der Waals surface area contributed by atoms with Crippen LogP contribution in [0, 0.1) is 0 Å². The molecule has 1 aliphatic heterocycles. The Hall–Kier alpha value is -2.03. The van der Waals surface area contributed by atoms with Gasteiger partial charge in [-0.15, -0.1) is 24.0 Å². The van der Waals surface area contributed by atoms with E-state index in [0.717, 1.165) is 32.0 Å². The summed E-state index contributed by atoms with van der Waals surface area (Å²) in [4.78, 5) is 13.0. The first-order chi connectivity index (χ1) is 12.7. The summed E-state index contributed by atoms with van der Waals surface area (Å²) >= 11 is 0. The van der Waals surface area contributed by atoms with Crippen molar-refractivity contribution in [3.05, 3.63) is 54.2 Å². The minimum absolute atomic E-state index is 0. The molecule has 1 aromatic heterocycles. The van der Waals surface area contributed by atoms with Gasteiger partial charge < -0.3 is 19.9 Å². The molecule has 27 heavy (non-hydrogen) atoms. The Kier molecular flexibility index (Phi) is 8.15. The smallest absolute Gasteiger partial charge is 0.213 e. The van der Waals surface area contributed by atoms with Gasteiger partial charge in [-0.1, -0.05) is 18.2 Å². The van der Waals surface area contributed by atoms with Crippen LogP contribution in [0.15, 0.2) is 53.7 Å². The van der Waals surface area contributed by atoms with Gasteiger partial charge in [0.05, 0.1) is 6.54 Å². The lowest BCUT2D eigenvalue weighted by molar-refractivity contribution is 0.205. The van der Waals surface area contributed by atoms with Gasteiger partial charge in [0, 0.05) is 58.6 Å². The summed E-state index contributed by atoms with van der Waals surface area (Å²) < 4.78 is 5.96. The summed E-state index contributed by atoms with van der Waals surface area (Å²) in [6.07, 6.45) is 2.86. The molecule has 1 aromatic carbocycles. The van der Waals surface area contributed by atoms with Crippen LogP contribution in [0.3, 0.4) is 0 Å². The maximum Gasteiger partial charge on any atom is 0.213 e. The van der Waals surface area contributed by atoms with E-state index in [2.05, 4.69) is 63.5 Å². The topological polar surface area (TPSA) is 53.0 Å². The number of benzene rings is 1. The molecule has 0 amide bonds. The van der Waals surface area contributed by atoms with Crippen molar-refractivity contribution < 1.29 is 4.74 Å². The predicted octanol–water partition coefficient (Wildman–Crippen LogP) is 2.99. The molecule has 0 saturated carbocycles. The van der Waals surface area contributed by atoms with E-state index < -0.39 is 0 Å². The number of ether oxygens (including phenoxy) is 1. The first kappa shape index (κ1) is 21.3. The van der Waals surface area contributed by atoms with E-state index in [1.54, 1.807) is 6.20 Å². The molecule has 1 saturated heterocycles. The van der Waals surface area contributed by atoms with Gasteiger partial charge in [0.1, 0.15) is 6.10 Å². The summed E-state index contributed by atoms with van der Waals surface area (Å²) in [5.74, 6) is 1.59. The number of hydrogen-bond donors (Lipinski definition) is 1. The van der Waals surface area contributed by atoms with Crippen LogP contribution in [0.5, 0.6) is 5.88 Å². The molecular formula is C20H28IN5O. The predicted molar refractivity (Wildman–Crippen MR) is 121 cm³/mol. The van der Waals surface area contributed by atoms with E-state index in [-0.39, 0.29) is 30.1 Å². The second kappa shape index (κ2) is 10.3. The Balaban J connectivity index is 0.00000261. The van der Waals surface area contributed by atoms with Crippen LogP contribution in [0.4, 0.5) is 5.69 Å². The molecular weight excluding hydrogens is 453 g/mol. The van der Waals surface area contributed by atoms with E-state index >= 15 is 0 Å². The molecule has 2 aromatic rings. The molecule has 146 valence electrons. The highest BCUT2D eigenvalue weighted by Crippen LogP contribution is 2.17. The third-order valence-corrected chi connectivity index (χ3v) is 4.46. The lowest BCUT2D eigenvalue weighted by Gasteiger charge is -2.22. The largest absolute Gasteiger partial charge is 0.472 e. The fraction of sp³-hybridized carbons (Fsp3) is 0.400. The van der Waals surface area contributed by atoms with E-state index in [1.807, 2.05) is 25.2 Å². The summed E-state index contributed by atoms with van der Waals surface area (Å²) in [6.45, 7) is 2.49. The van der Waals surface area contributed by atoms with Gasteiger partial charge >= 0.3 is 0 Å². The number of pyridine rings is 1. The SMILES string of the molecule is CN=C(NCc1cccc(N(C)C)c1)N1CCC(Oc2ccccn2)C1.I. The van der Waals surface area contributed by atoms with Gasteiger partial charge in [-0.2, -0.15) is 0 Å². The molecule has 0 aliphatic carbocycles. The van der Waals surface area contributed by atoms with Crippen LogP contribution in [-0.4, -0.2) is 56.2 Å². The molecule has 0 spiro atoms. The normalized spacial score (nSPS) is 16.6. The monoisotopic (exact) mass is 481 g/mol. The summed E-state index contributed by atoms with van der Waals surface area (Å²) in [5.41, 5.74) is 2.43. The third-order valence-electron chi connectivity index (χ3n) is 4.46. The van der Waals surface area contributed by atoms with Crippen LogP contribution in [0.25, 0.3) is 0 Å². The number of nitrogens with one attached hydrogen (secondary N) is 1. The molecule has 1 unspecified atom stereocenters. The molecule has 6 nitrogen and oxygen atoms in total. The third kappa shape index (κ3) is 5.98. The highest BCUT2D eigenvalue weighted by atomic mass is 127. The van der Waals surface area contributed by atoms with Crippen molar-refractivity contribution in [3.63, 3.8) is 0 Å². The Labute approximate surface area is 178 Å². The van der Waals surface area contributed by atoms with Gasteiger partial charge in [-0.3, -0.25) is 4.99 Å². The molecule has 2 heterocycles. The Bertz CT molecular complexity index is 738. The fourth-order valence-corrected chi connectivity index (χ4v) is 3.06. The molecule has 0 bridgehead atoms. The van der Waals surface area contributed by atoms with Crippen molar-refractivity contribution in [1.29, 1.82) is 0 Å². The highest BCUT2D eigenvalue weighted by molar-refractivity contribution is 14.0. The average Bonchev–Trinajstić information content (AvgIpc) is 3.11. The zero-order valence-electron chi connectivity index (χ0n) is 16.1. The summed E-state index contributed by atoms with van der Waals surface area (Å²) in [5, 5.41) is 3.46. The van der Waals surface area contributed by atoms with Crippen molar-refractivity contribution in [3.8, 4) is 5.88 Å². The molecule has 1 N–H and O–H groups in total. The van der Waals surface area contributed by atoms with Gasteiger partial charge in [-0.05, 0) is 23.8 Å². The summed E-state index contributed by atoms with van der Waals surface area (Å²) in [6, 6.07) is 14.2. The number of rotatable bonds is 5. The Morgan fingerprint density at radius 2 is 2.15 bits per heavy atom. The number of halogens is 1. The van der Waals surface area contributed by atoms with Gasteiger partial charge in [0.15, 0.2) is 5.96 Å². The van der Waals surface area contributed by atoms with E-state index in [4.69, 9.17) is 4.74 Å². The first-order valence-corrected chi connectivity index (χ1v) is 8.95. The lowest BCUT2D eigenvalue weighted by Crippen LogP contribution is -2.40. The minimum atomic E-state index is 0. The number of guanidine groups is 1. The zero-order valence-corrected chi connectivity index (χ0v) is 18.5. The van der Waals surface area contributed by atoms with Crippen molar-refractivity contribution in [2.45, 2.75) is 19.1 Å². The molecule has 3 rings (SSSR count). The van der Waals surface area contributed by atoms with Gasteiger partial charge in [-0.25, -0.2) is 4.98 Å². The second-order valence-corrected chi connectivity index (χ2v) is 6.61. The van der Waals surface area contributed by atoms with Crippen LogP contribution in [0.2, 0.25) is 0 Å². The molecule has 1 aliphatic rings. The number of anilines is 1. The van der Waals surface area contributed by atoms with Crippen LogP contribution in [0.1, 0.15) is 12.0 Å². The van der Waals surface area contributed by atoms with Crippen molar-refractivity contribution >= 4 is 35.6 Å². The fourth-order valence-electron chi connectivity index (χ4n) is 3.06. The van der Waals surface area contributed by atoms with E-state index in [0.29, 0.717) is 5.88 Å². The zero-order chi connectivity index (χ0) is 18.4. The summed E-state index contributed by atoms with van der Waals surface area (Å²) in [7, 11) is 5.93. The quantitative estimate of drug-likeness (QED) is 0.405. The van der Waals surface area contributed by atoms with Crippen LogP contribution < -0.4 is 15.0 Å². The number of likely N-dealkylation sites (tertiary alicyclic amines) is 1. The van der Waals surface area contributed by atoms with E-state index in [9.17, 15) is 0 Å². The number of nitrogens with zero attached hydrogens (tertiary/aromatic N) is 4. The standard InChI is InChI=1S/C20H27N5O.HI/c1-21-20(23-14-16-7-6-8-17(13-16)24(2)3)25-12-10-18(15-25)26-19-9-4-5-11-22-19;/h4-9,11,13,18H,10,12,14-15H2,1-3H3,(H,21,23);1H. The molecule has 1 fully saturated rings. The minimum Gasteiger partial charge on any atom is -0.472 e. The van der Waals surface area contributed by atoms with Crippen LogP contribution >= 0.6 is 24.0 Å². The number of hydrogen-bond acceptors (Lipinski definition) is 4. The Morgan fingerprint density at radius 1 is 1.30 bits per heavy atom. The Morgan fingerprint density at radius 3 is 2.85 bits per heavy atom. The van der Waals surface area contributed by atoms with Crippen molar-refractivity contribution in [1.82, 2.24) is 15.2 Å². The number of aliphatic imine (C=N–C) groups is 1. The first-order valence-electron chi connectivity index (χ1n) is 8.95. The second-order valence-electron chi connectivity index (χ2n) is 6.61. The average molecular weight is 481 g/mol. The molecule has 1 atom stereocenters. The maximum atomic E-state index is 5.96. The van der Waals surface area contributed by atoms with Crippen molar-refractivity contribution in [2.24, 2.45) is 4.99 Å². The maximum absolute atomic E-state index is 5.96. The van der Waals surface area contributed by atoms with E-state index in [1.165, 1.54) is 11.3 Å². The van der Waals surface area contributed by atoms with Gasteiger partial charge in [0.2, 0.25) is 5.88 Å². The highest BCUT2D eigenvalue weighted by Gasteiger charge is 2.26. The lowest BCUT2D eigenvalue weighted by atomic mass is 10.2.